The average molecular weight is 244 g/mol. The highest BCUT2D eigenvalue weighted by Crippen LogP contribution is 2.48. The van der Waals surface area contributed by atoms with Gasteiger partial charge in [-0.1, -0.05) is 29.3 Å². The molecule has 0 aromatic heterocycles. The van der Waals surface area contributed by atoms with Crippen LogP contribution >= 0.6 is 23.2 Å². The van der Waals surface area contributed by atoms with Crippen LogP contribution in [-0.2, 0) is 6.42 Å². The first-order valence-corrected chi connectivity index (χ1v) is 6.05. The summed E-state index contributed by atoms with van der Waals surface area (Å²) in [6, 6.07) is 5.86. The fourth-order valence-corrected chi connectivity index (χ4v) is 2.16. The minimum absolute atomic E-state index is 0.437. The highest BCUT2D eigenvalue weighted by Gasteiger charge is 2.40. The van der Waals surface area contributed by atoms with E-state index >= 15 is 0 Å². The van der Waals surface area contributed by atoms with Crippen LogP contribution < -0.4 is 5.73 Å². The van der Waals surface area contributed by atoms with Gasteiger partial charge in [0.25, 0.3) is 0 Å². The van der Waals surface area contributed by atoms with Crippen molar-refractivity contribution >= 4 is 23.2 Å². The Balaban J connectivity index is 1.96. The molecular weight excluding hydrogens is 229 g/mol. The van der Waals surface area contributed by atoms with E-state index in [-0.39, 0.29) is 0 Å². The van der Waals surface area contributed by atoms with Gasteiger partial charge in [0.2, 0.25) is 0 Å². The van der Waals surface area contributed by atoms with Gasteiger partial charge >= 0.3 is 0 Å². The molecule has 0 amide bonds. The fraction of sp³-hybridized carbons (Fsp3) is 0.500. The number of benzene rings is 1. The number of hydrogen-bond donors (Lipinski definition) is 1. The number of halogens is 2. The van der Waals surface area contributed by atoms with Crippen LogP contribution in [0.1, 0.15) is 24.8 Å². The Bertz CT molecular complexity index is 359. The lowest BCUT2D eigenvalue weighted by atomic mass is 9.97. The molecule has 1 aromatic rings. The Kier molecular flexibility index (Phi) is 3.24. The lowest BCUT2D eigenvalue weighted by Gasteiger charge is -2.11. The van der Waals surface area contributed by atoms with Gasteiger partial charge < -0.3 is 5.73 Å². The predicted molar refractivity (Wildman–Crippen MR) is 65.5 cm³/mol. The molecule has 3 heteroatoms. The van der Waals surface area contributed by atoms with Crippen molar-refractivity contribution < 1.29 is 0 Å². The van der Waals surface area contributed by atoms with Crippen molar-refractivity contribution in [2.45, 2.75) is 25.7 Å². The topological polar surface area (TPSA) is 26.0 Å². The molecule has 2 rings (SSSR count). The van der Waals surface area contributed by atoms with Crippen molar-refractivity contribution in [1.29, 1.82) is 0 Å². The third-order valence-corrected chi connectivity index (χ3v) is 4.06. The van der Waals surface area contributed by atoms with Gasteiger partial charge in [-0.2, -0.15) is 0 Å². The number of rotatable bonds is 4. The average Bonchev–Trinajstić information content (AvgIpc) is 3.01. The van der Waals surface area contributed by atoms with Crippen LogP contribution in [0.15, 0.2) is 18.2 Å². The molecule has 0 aliphatic heterocycles. The van der Waals surface area contributed by atoms with Gasteiger partial charge in [-0.25, -0.2) is 0 Å². The third kappa shape index (κ3) is 2.66. The van der Waals surface area contributed by atoms with Crippen molar-refractivity contribution in [3.63, 3.8) is 0 Å². The van der Waals surface area contributed by atoms with Gasteiger partial charge in [0.15, 0.2) is 0 Å². The molecule has 1 aliphatic carbocycles. The van der Waals surface area contributed by atoms with Crippen molar-refractivity contribution in [1.82, 2.24) is 0 Å². The van der Waals surface area contributed by atoms with E-state index in [1.165, 1.54) is 24.8 Å². The molecule has 1 aromatic carbocycles. The van der Waals surface area contributed by atoms with Crippen molar-refractivity contribution in [2.75, 3.05) is 6.54 Å². The zero-order valence-corrected chi connectivity index (χ0v) is 10.1. The fourth-order valence-electron chi connectivity index (χ4n) is 1.84. The van der Waals surface area contributed by atoms with E-state index in [1.54, 1.807) is 0 Å². The second-order valence-electron chi connectivity index (χ2n) is 4.45. The van der Waals surface area contributed by atoms with E-state index in [0.29, 0.717) is 15.5 Å². The minimum atomic E-state index is 0.437. The smallest absolute Gasteiger partial charge is 0.0595 e. The van der Waals surface area contributed by atoms with Gasteiger partial charge in [-0.3, -0.25) is 0 Å². The van der Waals surface area contributed by atoms with E-state index in [9.17, 15) is 0 Å². The molecule has 0 saturated heterocycles. The molecule has 1 fully saturated rings. The zero-order valence-electron chi connectivity index (χ0n) is 8.60. The molecule has 0 atom stereocenters. The predicted octanol–water partition coefficient (Wildman–Crippen LogP) is 3.66. The maximum Gasteiger partial charge on any atom is 0.0595 e. The van der Waals surface area contributed by atoms with Crippen LogP contribution in [0, 0.1) is 5.41 Å². The van der Waals surface area contributed by atoms with E-state index in [0.717, 1.165) is 13.0 Å². The van der Waals surface area contributed by atoms with Crippen molar-refractivity contribution in [2.24, 2.45) is 11.1 Å². The Hall–Kier alpha value is -0.240. The maximum absolute atomic E-state index is 5.96. The Morgan fingerprint density at radius 1 is 1.20 bits per heavy atom. The molecule has 1 nitrogen and oxygen atoms in total. The summed E-state index contributed by atoms with van der Waals surface area (Å²) in [5.41, 5.74) is 7.43. The van der Waals surface area contributed by atoms with Gasteiger partial charge in [-0.15, -0.1) is 0 Å². The Morgan fingerprint density at radius 3 is 2.47 bits per heavy atom. The molecule has 2 N–H and O–H groups in total. The van der Waals surface area contributed by atoms with Gasteiger partial charge in [0.1, 0.15) is 0 Å². The number of nitrogens with two attached hydrogens (primary N) is 1. The summed E-state index contributed by atoms with van der Waals surface area (Å²) in [7, 11) is 0. The van der Waals surface area contributed by atoms with E-state index in [2.05, 4.69) is 0 Å². The quantitative estimate of drug-likeness (QED) is 0.859. The lowest BCUT2D eigenvalue weighted by Crippen LogP contribution is -2.15. The van der Waals surface area contributed by atoms with Crippen LogP contribution in [-0.4, -0.2) is 6.54 Å². The third-order valence-electron chi connectivity index (χ3n) is 3.32. The van der Waals surface area contributed by atoms with Crippen LogP contribution in [0.2, 0.25) is 10.0 Å². The van der Waals surface area contributed by atoms with Gasteiger partial charge in [0.05, 0.1) is 10.0 Å². The monoisotopic (exact) mass is 243 g/mol. The van der Waals surface area contributed by atoms with E-state index in [4.69, 9.17) is 28.9 Å². The molecule has 0 spiro atoms. The molecule has 15 heavy (non-hydrogen) atoms. The van der Waals surface area contributed by atoms with E-state index < -0.39 is 0 Å². The highest BCUT2D eigenvalue weighted by molar-refractivity contribution is 6.42. The van der Waals surface area contributed by atoms with Crippen LogP contribution in [0.25, 0.3) is 0 Å². The molecule has 82 valence electrons. The first kappa shape index (κ1) is 11.3. The van der Waals surface area contributed by atoms with E-state index in [1.807, 2.05) is 18.2 Å². The van der Waals surface area contributed by atoms with Crippen LogP contribution in [0.5, 0.6) is 0 Å². The summed E-state index contributed by atoms with van der Waals surface area (Å²) < 4.78 is 0. The molecule has 1 aliphatic rings. The Labute approximate surface area is 101 Å². The molecule has 0 unspecified atom stereocenters. The first-order valence-electron chi connectivity index (χ1n) is 5.29. The van der Waals surface area contributed by atoms with Crippen molar-refractivity contribution in [3.8, 4) is 0 Å². The number of hydrogen-bond acceptors (Lipinski definition) is 1. The van der Waals surface area contributed by atoms with Crippen LogP contribution in [0.3, 0.4) is 0 Å². The summed E-state index contributed by atoms with van der Waals surface area (Å²) in [6.45, 7) is 0.814. The maximum atomic E-state index is 5.96. The van der Waals surface area contributed by atoms with Gasteiger partial charge in [0, 0.05) is 0 Å². The van der Waals surface area contributed by atoms with Crippen LogP contribution in [0.4, 0.5) is 0 Å². The van der Waals surface area contributed by atoms with Gasteiger partial charge in [-0.05, 0) is 55.3 Å². The lowest BCUT2D eigenvalue weighted by molar-refractivity contribution is 0.479. The summed E-state index contributed by atoms with van der Waals surface area (Å²) in [4.78, 5) is 0. The summed E-state index contributed by atoms with van der Waals surface area (Å²) in [6.07, 6.45) is 4.78. The highest BCUT2D eigenvalue weighted by atomic mass is 35.5. The SMILES string of the molecule is NCC1(CCc2ccc(Cl)c(Cl)c2)CC1. The standard InChI is InChI=1S/C12H15Cl2N/c13-10-2-1-9(7-11(10)14)3-4-12(8-15)5-6-12/h1-2,7H,3-6,8,15H2. The molecule has 0 radical (unpaired) electrons. The second kappa shape index (κ2) is 4.32. The Morgan fingerprint density at radius 2 is 1.93 bits per heavy atom. The number of aryl methyl sites for hydroxylation is 1. The minimum Gasteiger partial charge on any atom is -0.330 e. The molecular formula is C12H15Cl2N. The largest absolute Gasteiger partial charge is 0.330 e. The summed E-state index contributed by atoms with van der Waals surface area (Å²) in [5.74, 6) is 0. The normalized spacial score (nSPS) is 17.8. The zero-order chi connectivity index (χ0) is 10.9. The van der Waals surface area contributed by atoms with Crippen molar-refractivity contribution in [3.05, 3.63) is 33.8 Å². The molecule has 0 heterocycles. The molecule has 0 bridgehead atoms. The summed E-state index contributed by atoms with van der Waals surface area (Å²) >= 11 is 11.8. The first-order chi connectivity index (χ1) is 7.15. The summed E-state index contributed by atoms with van der Waals surface area (Å²) in [5, 5.41) is 1.27. The second-order valence-corrected chi connectivity index (χ2v) is 5.27. The molecule has 1 saturated carbocycles.